The first-order valence-corrected chi connectivity index (χ1v) is 14.0. The standard InChI is InChI=1S/C31H31BrFN3O3/c32-27-20-22(8-14-30(27)38-19-18-36-16-4-1-5-17-36)21-39-29-15-13-28(25-6-2-3-7-26(25)29)35-31(37)34-24-11-9-23(33)10-12-24/h2-3,6-15,20H,1,4-5,16-19,21H2,(H2,34,35,37). The average molecular weight is 593 g/mol. The molecule has 1 aliphatic heterocycles. The summed E-state index contributed by atoms with van der Waals surface area (Å²) in [6.07, 6.45) is 3.89. The Labute approximate surface area is 236 Å². The van der Waals surface area contributed by atoms with E-state index in [9.17, 15) is 9.18 Å². The minimum absolute atomic E-state index is 0.359. The van der Waals surface area contributed by atoms with Crippen LogP contribution in [0.4, 0.5) is 20.6 Å². The molecule has 1 aliphatic rings. The molecule has 1 saturated heterocycles. The first kappa shape index (κ1) is 27.0. The Morgan fingerprint density at radius 3 is 2.36 bits per heavy atom. The number of hydrogen-bond donors (Lipinski definition) is 2. The van der Waals surface area contributed by atoms with E-state index >= 15 is 0 Å². The van der Waals surface area contributed by atoms with Crippen LogP contribution in [-0.2, 0) is 6.61 Å². The van der Waals surface area contributed by atoms with Gasteiger partial charge < -0.3 is 20.1 Å². The molecule has 0 bridgehead atoms. The number of likely N-dealkylation sites (tertiary alicyclic amines) is 1. The Bertz CT molecular complexity index is 1420. The summed E-state index contributed by atoms with van der Waals surface area (Å²) < 4.78 is 26.3. The second kappa shape index (κ2) is 13.0. The van der Waals surface area contributed by atoms with Gasteiger partial charge in [-0.3, -0.25) is 4.90 Å². The molecule has 39 heavy (non-hydrogen) atoms. The van der Waals surface area contributed by atoms with Gasteiger partial charge in [-0.2, -0.15) is 0 Å². The van der Waals surface area contributed by atoms with E-state index < -0.39 is 6.03 Å². The van der Waals surface area contributed by atoms with Crippen LogP contribution < -0.4 is 20.1 Å². The van der Waals surface area contributed by atoms with Crippen LogP contribution in [-0.4, -0.2) is 37.2 Å². The van der Waals surface area contributed by atoms with Gasteiger partial charge in [-0.25, -0.2) is 9.18 Å². The van der Waals surface area contributed by atoms with Crippen molar-refractivity contribution in [3.8, 4) is 11.5 Å². The summed E-state index contributed by atoms with van der Waals surface area (Å²) >= 11 is 3.64. The Kier molecular flexibility index (Phi) is 8.96. The molecule has 0 spiro atoms. The number of piperidine rings is 1. The minimum atomic E-state index is -0.413. The third-order valence-electron chi connectivity index (χ3n) is 6.74. The number of ether oxygens (including phenoxy) is 2. The zero-order valence-electron chi connectivity index (χ0n) is 21.6. The maximum atomic E-state index is 13.1. The third kappa shape index (κ3) is 7.28. The van der Waals surface area contributed by atoms with Crippen molar-refractivity contribution in [2.75, 3.05) is 36.9 Å². The number of anilines is 2. The highest BCUT2D eigenvalue weighted by Gasteiger charge is 2.12. The van der Waals surface area contributed by atoms with Crippen molar-refractivity contribution in [3.63, 3.8) is 0 Å². The highest BCUT2D eigenvalue weighted by Crippen LogP contribution is 2.33. The van der Waals surface area contributed by atoms with Crippen LogP contribution >= 0.6 is 15.9 Å². The Balaban J connectivity index is 1.20. The van der Waals surface area contributed by atoms with Gasteiger partial charge in [0, 0.05) is 23.0 Å². The Morgan fingerprint density at radius 2 is 1.59 bits per heavy atom. The number of fused-ring (bicyclic) bond motifs is 1. The lowest BCUT2D eigenvalue weighted by atomic mass is 10.1. The molecule has 2 amide bonds. The van der Waals surface area contributed by atoms with Gasteiger partial charge in [0.2, 0.25) is 0 Å². The molecule has 0 atom stereocenters. The van der Waals surface area contributed by atoms with Crippen molar-refractivity contribution >= 4 is 44.1 Å². The lowest BCUT2D eigenvalue weighted by Gasteiger charge is -2.26. The number of amides is 2. The van der Waals surface area contributed by atoms with Crippen LogP contribution in [0.3, 0.4) is 0 Å². The van der Waals surface area contributed by atoms with Crippen molar-refractivity contribution in [2.45, 2.75) is 25.9 Å². The zero-order chi connectivity index (χ0) is 27.0. The number of halogens is 2. The molecule has 5 rings (SSSR count). The first-order chi connectivity index (χ1) is 19.0. The molecule has 0 saturated carbocycles. The second-order valence-corrected chi connectivity index (χ2v) is 10.4. The summed E-state index contributed by atoms with van der Waals surface area (Å²) in [7, 11) is 0. The van der Waals surface area contributed by atoms with E-state index in [1.165, 1.54) is 43.5 Å². The molecule has 2 N–H and O–H groups in total. The summed E-state index contributed by atoms with van der Waals surface area (Å²) in [5.41, 5.74) is 2.16. The number of urea groups is 1. The van der Waals surface area contributed by atoms with E-state index in [-0.39, 0.29) is 5.82 Å². The summed E-state index contributed by atoms with van der Waals surface area (Å²) in [6.45, 7) is 4.33. The van der Waals surface area contributed by atoms with Crippen LogP contribution in [0.25, 0.3) is 10.8 Å². The molecule has 0 aromatic heterocycles. The maximum Gasteiger partial charge on any atom is 0.323 e. The molecular formula is C31H31BrFN3O3. The minimum Gasteiger partial charge on any atom is -0.491 e. The number of nitrogens with one attached hydrogen (secondary N) is 2. The molecule has 0 radical (unpaired) electrons. The first-order valence-electron chi connectivity index (χ1n) is 13.2. The molecular weight excluding hydrogens is 561 g/mol. The van der Waals surface area contributed by atoms with Crippen molar-refractivity contribution in [1.82, 2.24) is 4.90 Å². The van der Waals surface area contributed by atoms with E-state index in [0.29, 0.717) is 30.3 Å². The van der Waals surface area contributed by atoms with Gasteiger partial charge in [-0.1, -0.05) is 36.8 Å². The van der Waals surface area contributed by atoms with Gasteiger partial charge in [-0.05, 0) is 96.0 Å². The fraction of sp³-hybridized carbons (Fsp3) is 0.258. The lowest BCUT2D eigenvalue weighted by molar-refractivity contribution is 0.183. The normalized spacial score (nSPS) is 13.7. The van der Waals surface area contributed by atoms with Gasteiger partial charge in [-0.15, -0.1) is 0 Å². The summed E-state index contributed by atoms with van der Waals surface area (Å²) in [5, 5.41) is 7.33. The van der Waals surface area contributed by atoms with E-state index in [1.54, 1.807) is 0 Å². The molecule has 6 nitrogen and oxygen atoms in total. The van der Waals surface area contributed by atoms with Gasteiger partial charge in [0.25, 0.3) is 0 Å². The van der Waals surface area contributed by atoms with Crippen LogP contribution in [0, 0.1) is 5.82 Å². The topological polar surface area (TPSA) is 62.8 Å². The van der Waals surface area contributed by atoms with Crippen LogP contribution in [0.15, 0.2) is 83.3 Å². The van der Waals surface area contributed by atoms with Gasteiger partial charge in [0.05, 0.1) is 10.2 Å². The largest absolute Gasteiger partial charge is 0.491 e. The summed E-state index contributed by atoms with van der Waals surface area (Å²) in [6, 6.07) is 22.6. The monoisotopic (exact) mass is 591 g/mol. The van der Waals surface area contributed by atoms with Crippen LogP contribution in [0.5, 0.6) is 11.5 Å². The SMILES string of the molecule is O=C(Nc1ccc(F)cc1)Nc1ccc(OCc2ccc(OCCN3CCCCC3)c(Br)c2)c2ccccc12. The molecule has 0 unspecified atom stereocenters. The number of rotatable bonds is 9. The fourth-order valence-electron chi connectivity index (χ4n) is 4.70. The predicted molar refractivity (Wildman–Crippen MR) is 157 cm³/mol. The average Bonchev–Trinajstić information content (AvgIpc) is 2.95. The van der Waals surface area contributed by atoms with Crippen LogP contribution in [0.2, 0.25) is 0 Å². The predicted octanol–water partition coefficient (Wildman–Crippen LogP) is 7.83. The Hall–Kier alpha value is -3.62. The number of hydrogen-bond acceptors (Lipinski definition) is 4. The molecule has 8 heteroatoms. The van der Waals surface area contributed by atoms with Crippen LogP contribution in [0.1, 0.15) is 24.8 Å². The van der Waals surface area contributed by atoms with E-state index in [1.807, 2.05) is 54.6 Å². The highest BCUT2D eigenvalue weighted by atomic mass is 79.9. The fourth-order valence-corrected chi connectivity index (χ4v) is 5.24. The number of carbonyl (C=O) groups excluding carboxylic acids is 1. The summed E-state index contributed by atoms with van der Waals surface area (Å²) in [5.74, 6) is 1.19. The number of carbonyl (C=O) groups is 1. The van der Waals surface area contributed by atoms with Gasteiger partial charge >= 0.3 is 6.03 Å². The number of nitrogens with zero attached hydrogens (tertiary/aromatic N) is 1. The molecule has 4 aromatic rings. The lowest BCUT2D eigenvalue weighted by Crippen LogP contribution is -2.33. The molecule has 202 valence electrons. The van der Waals surface area contributed by atoms with E-state index in [0.717, 1.165) is 46.2 Å². The number of benzene rings is 4. The van der Waals surface area contributed by atoms with Crippen molar-refractivity contribution in [1.29, 1.82) is 0 Å². The molecule has 1 heterocycles. The quantitative estimate of drug-likeness (QED) is 0.208. The van der Waals surface area contributed by atoms with E-state index in [2.05, 4.69) is 31.5 Å². The maximum absolute atomic E-state index is 13.1. The Morgan fingerprint density at radius 1 is 0.846 bits per heavy atom. The smallest absolute Gasteiger partial charge is 0.323 e. The van der Waals surface area contributed by atoms with Crippen molar-refractivity contribution in [2.24, 2.45) is 0 Å². The third-order valence-corrected chi connectivity index (χ3v) is 7.36. The zero-order valence-corrected chi connectivity index (χ0v) is 23.2. The van der Waals surface area contributed by atoms with Crippen molar-refractivity contribution < 1.29 is 18.7 Å². The van der Waals surface area contributed by atoms with Crippen molar-refractivity contribution in [3.05, 3.63) is 94.7 Å². The van der Waals surface area contributed by atoms with Gasteiger partial charge in [0.1, 0.15) is 30.5 Å². The van der Waals surface area contributed by atoms with Gasteiger partial charge in [0.15, 0.2) is 0 Å². The van der Waals surface area contributed by atoms with E-state index in [4.69, 9.17) is 9.47 Å². The second-order valence-electron chi connectivity index (χ2n) is 9.55. The highest BCUT2D eigenvalue weighted by molar-refractivity contribution is 9.10. The summed E-state index contributed by atoms with van der Waals surface area (Å²) in [4.78, 5) is 15.0. The molecule has 0 aliphatic carbocycles. The molecule has 4 aromatic carbocycles. The molecule has 1 fully saturated rings.